The molecule has 0 spiro atoms. The van der Waals surface area contributed by atoms with Gasteiger partial charge in [-0.05, 0) is 25.7 Å². The van der Waals surface area contributed by atoms with E-state index < -0.39 is 7.60 Å². The van der Waals surface area contributed by atoms with Gasteiger partial charge in [-0.1, -0.05) is 103 Å². The SMILES string of the molecule is CCCCCCCCCCCCCCC/C=C\CCCOP(=O)(O)C(CC)[N+](C)(C)C. The van der Waals surface area contributed by atoms with Crippen LogP contribution in [0.25, 0.3) is 0 Å². The monoisotopic (exact) mass is 460 g/mol. The fourth-order valence-corrected chi connectivity index (χ4v) is 6.11. The normalized spacial score (nSPS) is 15.4. The van der Waals surface area contributed by atoms with Crippen molar-refractivity contribution in [1.82, 2.24) is 0 Å². The standard InChI is InChI=1S/C26H54NO3P/c1-6-8-9-10-11-12-13-14-15-16-17-18-19-20-21-22-23-24-25-30-31(28,29)26(7-2)27(3,4)5/h21-22,26H,6-20,23-25H2,1-5H3/p+1/b22-21-. The van der Waals surface area contributed by atoms with Gasteiger partial charge < -0.3 is 13.9 Å². The summed E-state index contributed by atoms with van der Waals surface area (Å²) in [5, 5.41) is 0. The van der Waals surface area contributed by atoms with Crippen LogP contribution in [0.15, 0.2) is 12.2 Å². The summed E-state index contributed by atoms with van der Waals surface area (Å²) in [7, 11) is 2.26. The van der Waals surface area contributed by atoms with Gasteiger partial charge in [0, 0.05) is 6.42 Å². The first kappa shape index (κ1) is 30.9. The lowest BCUT2D eigenvalue weighted by Gasteiger charge is -2.35. The summed E-state index contributed by atoms with van der Waals surface area (Å²) >= 11 is 0. The molecule has 0 fully saturated rings. The molecule has 0 heterocycles. The molecule has 0 aromatic carbocycles. The van der Waals surface area contributed by atoms with Crippen LogP contribution in [0.1, 0.15) is 123 Å². The fraction of sp³-hybridized carbons (Fsp3) is 0.923. The number of unbranched alkanes of at least 4 members (excludes halogenated alkanes) is 14. The van der Waals surface area contributed by atoms with Crippen molar-refractivity contribution in [1.29, 1.82) is 0 Å². The van der Waals surface area contributed by atoms with Gasteiger partial charge in [-0.25, -0.2) is 0 Å². The Bertz CT molecular complexity index is 474. The van der Waals surface area contributed by atoms with Crippen molar-refractivity contribution in [3.05, 3.63) is 12.2 Å². The zero-order valence-corrected chi connectivity index (χ0v) is 22.5. The zero-order chi connectivity index (χ0) is 23.4. The minimum atomic E-state index is -3.57. The summed E-state index contributed by atoms with van der Waals surface area (Å²) in [5.41, 5.74) is 0. The Balaban J connectivity index is 3.50. The Morgan fingerprint density at radius 1 is 0.742 bits per heavy atom. The average molecular weight is 461 g/mol. The summed E-state index contributed by atoms with van der Waals surface area (Å²) < 4.78 is 18.3. The van der Waals surface area contributed by atoms with Crippen molar-refractivity contribution in [2.75, 3.05) is 27.7 Å². The van der Waals surface area contributed by atoms with Gasteiger partial charge in [0.25, 0.3) is 0 Å². The molecule has 5 heteroatoms. The molecular weight excluding hydrogens is 405 g/mol. The Morgan fingerprint density at radius 2 is 1.16 bits per heavy atom. The minimum Gasteiger partial charge on any atom is -0.320 e. The van der Waals surface area contributed by atoms with Crippen molar-refractivity contribution in [3.63, 3.8) is 0 Å². The van der Waals surface area contributed by atoms with Gasteiger partial charge in [0.15, 0.2) is 5.78 Å². The van der Waals surface area contributed by atoms with Crippen molar-refractivity contribution < 1.29 is 18.5 Å². The van der Waals surface area contributed by atoms with Crippen LogP contribution in [0.4, 0.5) is 0 Å². The highest BCUT2D eigenvalue weighted by atomic mass is 31.2. The van der Waals surface area contributed by atoms with Crippen LogP contribution in [0.5, 0.6) is 0 Å². The summed E-state index contributed by atoms with van der Waals surface area (Å²) in [6.07, 6.45) is 26.1. The largest absolute Gasteiger partial charge is 0.385 e. The number of allylic oxidation sites excluding steroid dienone is 2. The predicted molar refractivity (Wildman–Crippen MR) is 137 cm³/mol. The van der Waals surface area contributed by atoms with Crippen LogP contribution >= 0.6 is 7.60 Å². The Labute approximate surface area is 195 Å². The van der Waals surface area contributed by atoms with E-state index in [1.165, 1.54) is 83.5 Å². The molecule has 0 aliphatic rings. The van der Waals surface area contributed by atoms with Crippen LogP contribution in [-0.2, 0) is 9.09 Å². The summed E-state index contributed by atoms with van der Waals surface area (Å²) in [6.45, 7) is 4.58. The molecule has 0 aromatic rings. The van der Waals surface area contributed by atoms with Gasteiger partial charge in [-0.15, -0.1) is 0 Å². The van der Waals surface area contributed by atoms with E-state index in [1.807, 2.05) is 28.1 Å². The quantitative estimate of drug-likeness (QED) is 0.0763. The number of hydrogen-bond acceptors (Lipinski definition) is 2. The molecule has 0 saturated carbocycles. The van der Waals surface area contributed by atoms with Crippen LogP contribution < -0.4 is 0 Å². The molecule has 0 aliphatic heterocycles. The van der Waals surface area contributed by atoms with Gasteiger partial charge >= 0.3 is 7.60 Å². The summed E-state index contributed by atoms with van der Waals surface area (Å²) in [6, 6.07) is 0. The van der Waals surface area contributed by atoms with E-state index in [0.717, 1.165) is 19.3 Å². The van der Waals surface area contributed by atoms with Crippen LogP contribution in [-0.4, -0.2) is 42.9 Å². The average Bonchev–Trinajstić information content (AvgIpc) is 2.68. The van der Waals surface area contributed by atoms with Crippen LogP contribution in [0.2, 0.25) is 0 Å². The number of quaternary nitrogens is 1. The first-order chi connectivity index (χ1) is 14.8. The first-order valence-electron chi connectivity index (χ1n) is 13.2. The minimum absolute atomic E-state index is 0.355. The maximum Gasteiger partial charge on any atom is 0.385 e. The smallest absolute Gasteiger partial charge is 0.320 e. The van der Waals surface area contributed by atoms with Crippen LogP contribution in [0, 0.1) is 0 Å². The van der Waals surface area contributed by atoms with Gasteiger partial charge in [0.2, 0.25) is 0 Å². The topological polar surface area (TPSA) is 46.5 Å². The van der Waals surface area contributed by atoms with E-state index in [4.69, 9.17) is 4.52 Å². The molecule has 4 nitrogen and oxygen atoms in total. The second-order valence-electron chi connectivity index (χ2n) is 10.0. The van der Waals surface area contributed by atoms with E-state index in [-0.39, 0.29) is 5.78 Å². The van der Waals surface area contributed by atoms with Gasteiger partial charge in [0.1, 0.15) is 0 Å². The molecule has 0 radical (unpaired) electrons. The molecule has 0 bridgehead atoms. The number of rotatable bonds is 22. The van der Waals surface area contributed by atoms with Crippen molar-refractivity contribution >= 4 is 7.60 Å². The maximum absolute atomic E-state index is 12.5. The van der Waals surface area contributed by atoms with Crippen molar-refractivity contribution in [2.45, 2.75) is 129 Å². The molecule has 2 atom stereocenters. The predicted octanol–water partition coefficient (Wildman–Crippen LogP) is 8.45. The van der Waals surface area contributed by atoms with Gasteiger partial charge in [-0.2, -0.15) is 0 Å². The molecule has 0 aromatic heterocycles. The zero-order valence-electron chi connectivity index (χ0n) is 21.6. The third-order valence-electron chi connectivity index (χ3n) is 6.07. The Hall–Kier alpha value is -0.150. The van der Waals surface area contributed by atoms with E-state index in [2.05, 4.69) is 19.1 Å². The van der Waals surface area contributed by atoms with Crippen molar-refractivity contribution in [2.24, 2.45) is 0 Å². The molecule has 0 saturated heterocycles. The van der Waals surface area contributed by atoms with Crippen molar-refractivity contribution in [3.8, 4) is 0 Å². The lowest BCUT2D eigenvalue weighted by molar-refractivity contribution is -0.883. The highest BCUT2D eigenvalue weighted by molar-refractivity contribution is 7.53. The van der Waals surface area contributed by atoms with E-state index >= 15 is 0 Å². The number of hydrogen-bond donors (Lipinski definition) is 1. The molecule has 0 amide bonds. The van der Waals surface area contributed by atoms with E-state index in [9.17, 15) is 9.46 Å². The summed E-state index contributed by atoms with van der Waals surface area (Å²) in [4.78, 5) is 10.3. The molecule has 0 aliphatic carbocycles. The highest BCUT2D eigenvalue weighted by Gasteiger charge is 2.41. The molecule has 0 rings (SSSR count). The Kier molecular flexibility index (Phi) is 19.2. The van der Waals surface area contributed by atoms with Crippen LogP contribution in [0.3, 0.4) is 0 Å². The Morgan fingerprint density at radius 3 is 1.58 bits per heavy atom. The maximum atomic E-state index is 12.5. The molecule has 186 valence electrons. The third kappa shape index (κ3) is 18.0. The van der Waals surface area contributed by atoms with Gasteiger partial charge in [0.05, 0.1) is 27.7 Å². The second-order valence-corrected chi connectivity index (χ2v) is 12.0. The number of nitrogens with zero attached hydrogens (tertiary/aromatic N) is 1. The lowest BCUT2D eigenvalue weighted by atomic mass is 10.0. The third-order valence-corrected chi connectivity index (χ3v) is 8.43. The fourth-order valence-electron chi connectivity index (χ4n) is 4.21. The molecule has 31 heavy (non-hydrogen) atoms. The second kappa shape index (κ2) is 19.3. The molecule has 1 N–H and O–H groups in total. The first-order valence-corrected chi connectivity index (χ1v) is 14.8. The van der Waals surface area contributed by atoms with Gasteiger partial charge in [-0.3, -0.25) is 4.57 Å². The highest BCUT2D eigenvalue weighted by Crippen LogP contribution is 2.51. The molecule has 2 unspecified atom stereocenters. The van der Waals surface area contributed by atoms with E-state index in [1.54, 1.807) is 0 Å². The van der Waals surface area contributed by atoms with E-state index in [0.29, 0.717) is 17.5 Å². The lowest BCUT2D eigenvalue weighted by Crippen LogP contribution is -2.44. The summed E-state index contributed by atoms with van der Waals surface area (Å²) in [5.74, 6) is -0.362. The molecular formula is C26H55NO3P+.